The number of anilines is 1. The van der Waals surface area contributed by atoms with Gasteiger partial charge < -0.3 is 20.3 Å². The van der Waals surface area contributed by atoms with E-state index in [-0.39, 0.29) is 16.3 Å². The molecule has 11 heteroatoms. The van der Waals surface area contributed by atoms with Crippen LogP contribution in [0.25, 0.3) is 10.8 Å². The third-order valence-electron chi connectivity index (χ3n) is 4.85. The Kier molecular flexibility index (Phi) is 6.51. The summed E-state index contributed by atoms with van der Waals surface area (Å²) in [5.74, 6) is -1.56. The number of benzene rings is 3. The van der Waals surface area contributed by atoms with Crippen molar-refractivity contribution < 1.29 is 33.0 Å². The number of pyridine rings is 1. The second-order valence-electron chi connectivity index (χ2n) is 7.33. The Hall–Kier alpha value is -4.64. The van der Waals surface area contributed by atoms with Crippen LogP contribution in [-0.4, -0.2) is 42.0 Å². The number of nitrogens with one attached hydrogen (secondary N) is 2. The number of hydrogen-bond acceptors (Lipinski definition) is 7. The summed E-state index contributed by atoms with van der Waals surface area (Å²) in [6.45, 7) is -0.600. The average Bonchev–Trinajstić information content (AvgIpc) is 2.84. The molecule has 0 radical (unpaired) electrons. The van der Waals surface area contributed by atoms with Gasteiger partial charge in [-0.05, 0) is 54.6 Å². The van der Waals surface area contributed by atoms with Gasteiger partial charge in [0.2, 0.25) is 0 Å². The summed E-state index contributed by atoms with van der Waals surface area (Å²) in [7, 11) is -3.71. The Bertz CT molecular complexity index is 1510. The molecule has 0 bridgehead atoms. The van der Waals surface area contributed by atoms with Crippen LogP contribution in [0.1, 0.15) is 10.5 Å². The number of hydrogen-bond donors (Lipinski definition) is 4. The maximum absolute atomic E-state index is 12.4. The van der Waals surface area contributed by atoms with Crippen LogP contribution in [0.3, 0.4) is 0 Å². The Morgan fingerprint density at radius 1 is 0.943 bits per heavy atom. The molecule has 0 aliphatic rings. The van der Waals surface area contributed by atoms with Gasteiger partial charge in [0.05, 0.1) is 4.90 Å². The lowest BCUT2D eigenvalue weighted by Crippen LogP contribution is -2.29. The average molecular weight is 493 g/mol. The monoisotopic (exact) mass is 493 g/mol. The van der Waals surface area contributed by atoms with Crippen molar-refractivity contribution in [2.24, 2.45) is 0 Å². The first-order valence-electron chi connectivity index (χ1n) is 10.2. The molecule has 4 aromatic rings. The molecule has 4 N–H and O–H groups in total. The Balaban J connectivity index is 1.48. The van der Waals surface area contributed by atoms with Gasteiger partial charge in [-0.15, -0.1) is 0 Å². The van der Waals surface area contributed by atoms with Gasteiger partial charge in [-0.3, -0.25) is 14.3 Å². The van der Waals surface area contributed by atoms with Gasteiger partial charge in [-0.1, -0.05) is 18.2 Å². The van der Waals surface area contributed by atoms with Gasteiger partial charge >= 0.3 is 5.97 Å². The van der Waals surface area contributed by atoms with E-state index in [1.807, 2.05) is 0 Å². The fourth-order valence-corrected chi connectivity index (χ4v) is 4.28. The molecule has 1 amide bonds. The lowest BCUT2D eigenvalue weighted by molar-refractivity contribution is -0.135. The van der Waals surface area contributed by atoms with Crippen molar-refractivity contribution in [3.8, 4) is 17.2 Å². The summed E-state index contributed by atoms with van der Waals surface area (Å²) in [5, 5.41) is 22.0. The van der Waals surface area contributed by atoms with Crippen LogP contribution in [0.2, 0.25) is 0 Å². The zero-order chi connectivity index (χ0) is 25.0. The number of aromatic nitrogens is 1. The van der Waals surface area contributed by atoms with Gasteiger partial charge in [0, 0.05) is 22.7 Å². The molecule has 0 unspecified atom stereocenters. The fraction of sp³-hybridized carbons (Fsp3) is 0.0417. The van der Waals surface area contributed by atoms with Crippen LogP contribution in [-0.2, 0) is 14.8 Å². The number of nitrogens with zero attached hydrogens (tertiary/aromatic N) is 1. The van der Waals surface area contributed by atoms with E-state index in [1.165, 1.54) is 24.4 Å². The van der Waals surface area contributed by atoms with E-state index in [1.54, 1.807) is 54.6 Å². The molecule has 0 atom stereocenters. The van der Waals surface area contributed by atoms with E-state index >= 15 is 0 Å². The number of ether oxygens (including phenoxy) is 1. The maximum atomic E-state index is 12.4. The first-order valence-corrected chi connectivity index (χ1v) is 11.7. The highest BCUT2D eigenvalue weighted by atomic mass is 32.2. The van der Waals surface area contributed by atoms with Gasteiger partial charge in [0.1, 0.15) is 18.0 Å². The molecule has 35 heavy (non-hydrogen) atoms. The number of rotatable bonds is 8. The Morgan fingerprint density at radius 3 is 2.31 bits per heavy atom. The maximum Gasteiger partial charge on any atom is 0.322 e. The summed E-state index contributed by atoms with van der Waals surface area (Å²) in [5.41, 5.74) is 0.0727. The van der Waals surface area contributed by atoms with Crippen molar-refractivity contribution in [1.29, 1.82) is 0 Å². The second kappa shape index (κ2) is 9.69. The van der Waals surface area contributed by atoms with Crippen molar-refractivity contribution in [3.05, 3.63) is 84.7 Å². The zero-order valence-electron chi connectivity index (χ0n) is 18.0. The van der Waals surface area contributed by atoms with Crippen LogP contribution in [0.15, 0.2) is 83.9 Å². The van der Waals surface area contributed by atoms with E-state index in [2.05, 4.69) is 15.0 Å². The van der Waals surface area contributed by atoms with Crippen LogP contribution >= 0.6 is 0 Å². The summed E-state index contributed by atoms with van der Waals surface area (Å²) in [6, 6.07) is 19.0. The summed E-state index contributed by atoms with van der Waals surface area (Å²) in [4.78, 5) is 26.7. The van der Waals surface area contributed by atoms with Gasteiger partial charge in [0.15, 0.2) is 11.4 Å². The van der Waals surface area contributed by atoms with Crippen LogP contribution < -0.4 is 14.8 Å². The molecule has 3 aromatic carbocycles. The van der Waals surface area contributed by atoms with Gasteiger partial charge in [0.25, 0.3) is 15.9 Å². The lowest BCUT2D eigenvalue weighted by Gasteiger charge is -2.11. The molecule has 0 fully saturated rings. The highest BCUT2D eigenvalue weighted by molar-refractivity contribution is 7.92. The summed E-state index contributed by atoms with van der Waals surface area (Å²) >= 11 is 0. The van der Waals surface area contributed by atoms with Gasteiger partial charge in [-0.25, -0.2) is 13.4 Å². The number of carboxylic acid groups (broad SMARTS) is 1. The highest BCUT2D eigenvalue weighted by Gasteiger charge is 2.17. The number of sulfonamides is 1. The van der Waals surface area contributed by atoms with Crippen molar-refractivity contribution in [1.82, 2.24) is 10.3 Å². The van der Waals surface area contributed by atoms with Crippen molar-refractivity contribution >= 4 is 38.4 Å². The minimum absolute atomic E-state index is 0.149. The predicted molar refractivity (Wildman–Crippen MR) is 127 cm³/mol. The molecule has 1 aromatic heterocycles. The fourth-order valence-electron chi connectivity index (χ4n) is 3.20. The molecule has 4 rings (SSSR count). The number of fused-ring (bicyclic) bond motifs is 1. The van der Waals surface area contributed by atoms with E-state index in [4.69, 9.17) is 9.84 Å². The third kappa shape index (κ3) is 5.47. The zero-order valence-corrected chi connectivity index (χ0v) is 18.8. The molecule has 0 saturated heterocycles. The largest absolute Gasteiger partial charge is 0.505 e. The van der Waals surface area contributed by atoms with E-state index in [9.17, 15) is 23.1 Å². The second-order valence-corrected chi connectivity index (χ2v) is 9.01. The lowest BCUT2D eigenvalue weighted by atomic mass is 10.1. The molecule has 0 spiro atoms. The number of amides is 1. The number of carboxylic acids is 1. The van der Waals surface area contributed by atoms with Crippen molar-refractivity contribution in [3.63, 3.8) is 0 Å². The number of carbonyl (C=O) groups is 2. The molecule has 1 heterocycles. The molecular weight excluding hydrogens is 474 g/mol. The first kappa shape index (κ1) is 23.5. The summed E-state index contributed by atoms with van der Waals surface area (Å²) in [6.07, 6.45) is 1.36. The van der Waals surface area contributed by atoms with Crippen molar-refractivity contribution in [2.75, 3.05) is 11.3 Å². The third-order valence-corrected chi connectivity index (χ3v) is 6.24. The van der Waals surface area contributed by atoms with E-state index < -0.39 is 28.4 Å². The minimum atomic E-state index is -3.71. The molecule has 0 saturated carbocycles. The van der Waals surface area contributed by atoms with Gasteiger partial charge in [-0.2, -0.15) is 0 Å². The Labute approximate surface area is 199 Å². The van der Waals surface area contributed by atoms with E-state index in [0.717, 1.165) is 0 Å². The quantitative estimate of drug-likeness (QED) is 0.291. The SMILES string of the molecule is O=C(O)CNC(=O)c1ncc2cc(Oc3ccc(NS(=O)(=O)c4ccccc4)cc3)ccc2c1O. The van der Waals surface area contributed by atoms with Crippen LogP contribution in [0.4, 0.5) is 5.69 Å². The minimum Gasteiger partial charge on any atom is -0.505 e. The Morgan fingerprint density at radius 2 is 1.63 bits per heavy atom. The molecule has 178 valence electrons. The van der Waals surface area contributed by atoms with Crippen LogP contribution in [0.5, 0.6) is 17.2 Å². The normalized spacial score (nSPS) is 11.1. The standard InChI is InChI=1S/C24H19N3O7S/c28-21(29)14-26-24(31)22-23(30)20-11-10-18(12-15(20)13-25-22)34-17-8-6-16(7-9-17)27-35(32,33)19-4-2-1-3-5-19/h1-13,27,30H,14H2,(H,26,31)(H,28,29). The smallest absolute Gasteiger partial charge is 0.322 e. The summed E-state index contributed by atoms with van der Waals surface area (Å²) < 4.78 is 33.2. The number of aliphatic carboxylic acids is 1. The molecule has 10 nitrogen and oxygen atoms in total. The van der Waals surface area contributed by atoms with Crippen LogP contribution in [0, 0.1) is 0 Å². The predicted octanol–water partition coefficient (Wildman–Crippen LogP) is 3.35. The topological polar surface area (TPSA) is 155 Å². The molecule has 0 aliphatic carbocycles. The number of carbonyl (C=O) groups excluding carboxylic acids is 1. The molecule has 0 aliphatic heterocycles. The molecular formula is C24H19N3O7S. The van der Waals surface area contributed by atoms with Crippen molar-refractivity contribution in [2.45, 2.75) is 4.90 Å². The number of aromatic hydroxyl groups is 1. The highest BCUT2D eigenvalue weighted by Crippen LogP contribution is 2.32. The van der Waals surface area contributed by atoms with E-state index in [0.29, 0.717) is 28.0 Å². The first-order chi connectivity index (χ1) is 16.7.